The molecule has 0 aliphatic carbocycles. The molecule has 2 aromatic rings. The second-order valence-electron chi connectivity index (χ2n) is 4.63. The van der Waals surface area contributed by atoms with E-state index in [1.54, 1.807) is 44.6 Å². The number of rotatable bonds is 4. The Morgan fingerprint density at radius 1 is 1.00 bits per heavy atom. The Hall–Kier alpha value is -2.34. The third-order valence-corrected chi connectivity index (χ3v) is 3.23. The number of hydrogen-bond acceptors (Lipinski definition) is 3. The maximum Gasteiger partial charge on any atom is 0.175 e. The van der Waals surface area contributed by atoms with Gasteiger partial charge in [-0.3, -0.25) is 0 Å². The summed E-state index contributed by atoms with van der Waals surface area (Å²) in [5, 5.41) is 6.08. The third-order valence-electron chi connectivity index (χ3n) is 3.02. The van der Waals surface area contributed by atoms with E-state index in [1.165, 1.54) is 6.07 Å². The Morgan fingerprint density at radius 2 is 1.73 bits per heavy atom. The van der Waals surface area contributed by atoms with Crippen LogP contribution in [0.15, 0.2) is 36.4 Å². The van der Waals surface area contributed by atoms with Crippen LogP contribution in [-0.4, -0.2) is 19.3 Å². The van der Waals surface area contributed by atoms with E-state index in [0.29, 0.717) is 22.9 Å². The average Bonchev–Trinajstić information content (AvgIpc) is 2.50. The molecule has 0 atom stereocenters. The molecule has 0 saturated heterocycles. The maximum atomic E-state index is 13.7. The lowest BCUT2D eigenvalue weighted by molar-refractivity contribution is 0.405. The van der Waals surface area contributed by atoms with Crippen molar-refractivity contribution in [1.29, 1.82) is 0 Å². The van der Waals surface area contributed by atoms with Gasteiger partial charge < -0.3 is 20.1 Å². The molecule has 22 heavy (non-hydrogen) atoms. The Morgan fingerprint density at radius 3 is 2.41 bits per heavy atom. The zero-order chi connectivity index (χ0) is 16.1. The molecule has 2 N–H and O–H groups in total. The quantitative estimate of drug-likeness (QED) is 0.835. The molecule has 0 spiro atoms. The molecule has 0 heterocycles. The molecule has 2 rings (SSSR count). The number of halogens is 1. The number of aryl methyl sites for hydroxylation is 1. The number of ether oxygens (including phenoxy) is 2. The predicted octanol–water partition coefficient (Wildman–Crippen LogP) is 3.96. The lowest BCUT2D eigenvalue weighted by Gasteiger charge is -2.15. The summed E-state index contributed by atoms with van der Waals surface area (Å²) in [6.45, 7) is 1.88. The van der Waals surface area contributed by atoms with Crippen LogP contribution in [-0.2, 0) is 0 Å². The van der Waals surface area contributed by atoms with Crippen molar-refractivity contribution < 1.29 is 13.9 Å². The summed E-state index contributed by atoms with van der Waals surface area (Å²) in [6, 6.07) is 10.1. The SMILES string of the molecule is COc1ccc(OC)c(NC(=S)Nc2cc(C)ccc2F)c1. The first-order valence-electron chi connectivity index (χ1n) is 6.59. The maximum absolute atomic E-state index is 13.7. The van der Waals surface area contributed by atoms with Crippen LogP contribution in [0.25, 0.3) is 0 Å². The number of benzene rings is 2. The highest BCUT2D eigenvalue weighted by Crippen LogP contribution is 2.29. The van der Waals surface area contributed by atoms with Gasteiger partial charge in [-0.15, -0.1) is 0 Å². The molecule has 0 bridgehead atoms. The van der Waals surface area contributed by atoms with Gasteiger partial charge in [0.05, 0.1) is 25.6 Å². The van der Waals surface area contributed by atoms with Gasteiger partial charge in [0.1, 0.15) is 17.3 Å². The summed E-state index contributed by atoms with van der Waals surface area (Å²) in [7, 11) is 3.13. The van der Waals surface area contributed by atoms with E-state index < -0.39 is 0 Å². The summed E-state index contributed by atoms with van der Waals surface area (Å²) in [4.78, 5) is 0. The Bertz CT molecular complexity index is 692. The molecule has 0 unspecified atom stereocenters. The van der Waals surface area contributed by atoms with E-state index in [4.69, 9.17) is 21.7 Å². The number of methoxy groups -OCH3 is 2. The van der Waals surface area contributed by atoms with Crippen molar-refractivity contribution in [2.24, 2.45) is 0 Å². The fourth-order valence-corrected chi connectivity index (χ4v) is 2.14. The van der Waals surface area contributed by atoms with Crippen LogP contribution >= 0.6 is 12.2 Å². The van der Waals surface area contributed by atoms with Gasteiger partial charge in [0, 0.05) is 6.07 Å². The number of thiocarbonyl (C=S) groups is 1. The molecular formula is C16H17FN2O2S. The van der Waals surface area contributed by atoms with E-state index in [2.05, 4.69) is 10.6 Å². The molecule has 0 amide bonds. The number of anilines is 2. The topological polar surface area (TPSA) is 42.5 Å². The highest BCUT2D eigenvalue weighted by Gasteiger charge is 2.09. The molecule has 0 aliphatic rings. The molecule has 0 saturated carbocycles. The van der Waals surface area contributed by atoms with Crippen LogP contribution in [0.2, 0.25) is 0 Å². The first kappa shape index (κ1) is 16.0. The van der Waals surface area contributed by atoms with Crippen LogP contribution in [0.4, 0.5) is 15.8 Å². The monoisotopic (exact) mass is 320 g/mol. The van der Waals surface area contributed by atoms with E-state index in [9.17, 15) is 4.39 Å². The molecule has 0 aromatic heterocycles. The van der Waals surface area contributed by atoms with E-state index in [1.807, 2.05) is 6.92 Å². The van der Waals surface area contributed by atoms with E-state index in [0.717, 1.165) is 5.56 Å². The minimum Gasteiger partial charge on any atom is -0.497 e. The molecule has 0 aliphatic heterocycles. The lowest BCUT2D eigenvalue weighted by atomic mass is 10.2. The zero-order valence-electron chi connectivity index (χ0n) is 12.6. The van der Waals surface area contributed by atoms with Crippen molar-refractivity contribution in [3.63, 3.8) is 0 Å². The first-order valence-corrected chi connectivity index (χ1v) is 7.00. The minimum atomic E-state index is -0.368. The molecular weight excluding hydrogens is 303 g/mol. The Kier molecular flexibility index (Phi) is 5.16. The van der Waals surface area contributed by atoms with Crippen LogP contribution in [0.3, 0.4) is 0 Å². The minimum absolute atomic E-state index is 0.260. The highest BCUT2D eigenvalue weighted by atomic mass is 32.1. The fraction of sp³-hybridized carbons (Fsp3) is 0.188. The van der Waals surface area contributed by atoms with Gasteiger partial charge in [0.15, 0.2) is 5.11 Å². The summed E-state index contributed by atoms with van der Waals surface area (Å²) in [6.07, 6.45) is 0. The van der Waals surface area contributed by atoms with Crippen LogP contribution < -0.4 is 20.1 Å². The van der Waals surface area contributed by atoms with E-state index >= 15 is 0 Å². The van der Waals surface area contributed by atoms with Gasteiger partial charge >= 0.3 is 0 Å². The van der Waals surface area contributed by atoms with Crippen LogP contribution in [0.5, 0.6) is 11.5 Å². The normalized spacial score (nSPS) is 10.0. The molecule has 6 heteroatoms. The van der Waals surface area contributed by atoms with Crippen molar-refractivity contribution in [3.05, 3.63) is 47.8 Å². The zero-order valence-corrected chi connectivity index (χ0v) is 13.4. The summed E-state index contributed by atoms with van der Waals surface area (Å²) in [5.41, 5.74) is 1.89. The lowest BCUT2D eigenvalue weighted by Crippen LogP contribution is -2.20. The summed E-state index contributed by atoms with van der Waals surface area (Å²) < 4.78 is 24.2. The Labute approximate surface area is 134 Å². The van der Waals surface area contributed by atoms with Crippen molar-refractivity contribution in [3.8, 4) is 11.5 Å². The average molecular weight is 320 g/mol. The fourth-order valence-electron chi connectivity index (χ4n) is 1.92. The van der Waals surface area contributed by atoms with Gasteiger partial charge in [0.25, 0.3) is 0 Å². The molecule has 2 aromatic carbocycles. The molecule has 4 nitrogen and oxygen atoms in total. The standard InChI is InChI=1S/C16H17FN2O2S/c1-10-4-6-12(17)13(8-10)18-16(22)19-14-9-11(20-2)5-7-15(14)21-3/h4-9H,1-3H3,(H2,18,19,22). The van der Waals surface area contributed by atoms with Crippen LogP contribution in [0, 0.1) is 12.7 Å². The molecule has 116 valence electrons. The van der Waals surface area contributed by atoms with Gasteiger partial charge in [-0.05, 0) is 49.0 Å². The Balaban J connectivity index is 2.16. The second-order valence-corrected chi connectivity index (χ2v) is 5.04. The summed E-state index contributed by atoms with van der Waals surface area (Å²) >= 11 is 5.22. The highest BCUT2D eigenvalue weighted by molar-refractivity contribution is 7.80. The van der Waals surface area contributed by atoms with Gasteiger partial charge in [-0.2, -0.15) is 0 Å². The van der Waals surface area contributed by atoms with Gasteiger partial charge in [-0.1, -0.05) is 6.07 Å². The van der Waals surface area contributed by atoms with Crippen LogP contribution in [0.1, 0.15) is 5.56 Å². The third kappa shape index (κ3) is 3.85. The van der Waals surface area contributed by atoms with Gasteiger partial charge in [-0.25, -0.2) is 4.39 Å². The van der Waals surface area contributed by atoms with E-state index in [-0.39, 0.29) is 10.9 Å². The van der Waals surface area contributed by atoms with Crippen molar-refractivity contribution in [2.75, 3.05) is 24.9 Å². The number of hydrogen-bond donors (Lipinski definition) is 2. The largest absolute Gasteiger partial charge is 0.497 e. The number of nitrogens with one attached hydrogen (secondary N) is 2. The van der Waals surface area contributed by atoms with Crippen molar-refractivity contribution in [2.45, 2.75) is 6.92 Å². The molecule has 0 fully saturated rings. The second kappa shape index (κ2) is 7.09. The van der Waals surface area contributed by atoms with Gasteiger partial charge in [0.2, 0.25) is 0 Å². The first-order chi connectivity index (χ1) is 10.5. The summed E-state index contributed by atoms with van der Waals surface area (Å²) in [5.74, 6) is 0.898. The molecule has 0 radical (unpaired) electrons. The van der Waals surface area contributed by atoms with Crippen molar-refractivity contribution >= 4 is 28.7 Å². The van der Waals surface area contributed by atoms with Crippen molar-refractivity contribution in [1.82, 2.24) is 0 Å². The predicted molar refractivity (Wildman–Crippen MR) is 90.5 cm³/mol. The smallest absolute Gasteiger partial charge is 0.175 e.